The molecule has 0 aliphatic carbocycles. The Morgan fingerprint density at radius 3 is 2.33 bits per heavy atom. The zero-order valence-electron chi connectivity index (χ0n) is 18.7. The lowest BCUT2D eigenvalue weighted by molar-refractivity contribution is 0.191. The van der Waals surface area contributed by atoms with Gasteiger partial charge in [0.15, 0.2) is 0 Å². The van der Waals surface area contributed by atoms with E-state index in [1.54, 1.807) is 6.21 Å². The number of benzene rings is 2. The maximum Gasteiger partial charge on any atom is 0.125 e. The van der Waals surface area contributed by atoms with Crippen molar-refractivity contribution < 1.29 is 19.0 Å². The summed E-state index contributed by atoms with van der Waals surface area (Å²) in [4.78, 5) is 4.68. The lowest BCUT2D eigenvalue weighted by atomic mass is 10.1. The fraction of sp³-hybridized carbons (Fsp3) is 0.400. The van der Waals surface area contributed by atoms with Crippen molar-refractivity contribution in [2.24, 2.45) is 5.16 Å². The molecule has 0 N–H and O–H groups in total. The third kappa shape index (κ3) is 7.82. The average molecular weight is 412 g/mol. The molecule has 1 unspecified atom stereocenters. The predicted octanol–water partition coefficient (Wildman–Crippen LogP) is 5.87. The molecule has 0 aromatic heterocycles. The van der Waals surface area contributed by atoms with Gasteiger partial charge in [-0.2, -0.15) is 0 Å². The van der Waals surface area contributed by atoms with Crippen molar-refractivity contribution in [2.45, 2.75) is 46.6 Å². The second-order valence-corrected chi connectivity index (χ2v) is 7.17. The zero-order chi connectivity index (χ0) is 21.8. The summed E-state index contributed by atoms with van der Waals surface area (Å²) in [5.41, 5.74) is 3.14. The Balaban J connectivity index is 1.77. The Labute approximate surface area is 180 Å². The minimum atomic E-state index is 0.105. The van der Waals surface area contributed by atoms with Crippen LogP contribution in [0.3, 0.4) is 0 Å². The molecule has 0 saturated heterocycles. The van der Waals surface area contributed by atoms with Crippen molar-refractivity contribution in [3.05, 3.63) is 65.2 Å². The van der Waals surface area contributed by atoms with E-state index in [-0.39, 0.29) is 6.10 Å². The van der Waals surface area contributed by atoms with E-state index < -0.39 is 0 Å². The molecule has 5 heteroatoms. The zero-order valence-corrected chi connectivity index (χ0v) is 18.7. The summed E-state index contributed by atoms with van der Waals surface area (Å²) < 4.78 is 17.8. The summed E-state index contributed by atoms with van der Waals surface area (Å²) in [6.07, 6.45) is 7.56. The van der Waals surface area contributed by atoms with E-state index in [2.05, 4.69) is 30.8 Å². The fourth-order valence-corrected chi connectivity index (χ4v) is 3.00. The van der Waals surface area contributed by atoms with Gasteiger partial charge in [0.05, 0.1) is 18.9 Å². The molecular weight excluding hydrogens is 378 g/mol. The molecule has 30 heavy (non-hydrogen) atoms. The Hall–Kier alpha value is -2.95. The van der Waals surface area contributed by atoms with Gasteiger partial charge in [-0.15, -0.1) is 0 Å². The summed E-state index contributed by atoms with van der Waals surface area (Å²) in [5, 5.41) is 3.75. The quantitative estimate of drug-likeness (QED) is 0.190. The number of hydrogen-bond acceptors (Lipinski definition) is 5. The Morgan fingerprint density at radius 2 is 1.70 bits per heavy atom. The van der Waals surface area contributed by atoms with Gasteiger partial charge in [-0.1, -0.05) is 17.3 Å². The first kappa shape index (κ1) is 23.3. The van der Waals surface area contributed by atoms with Crippen LogP contribution in [-0.2, 0) is 4.84 Å². The molecule has 0 fully saturated rings. The van der Waals surface area contributed by atoms with Crippen molar-refractivity contribution in [3.63, 3.8) is 0 Å². The van der Waals surface area contributed by atoms with E-state index in [0.29, 0.717) is 13.2 Å². The number of ether oxygens (including phenoxy) is 3. The number of hydrogen-bond donors (Lipinski definition) is 0. The highest BCUT2D eigenvalue weighted by Crippen LogP contribution is 2.30. The summed E-state index contributed by atoms with van der Waals surface area (Å²) in [6.45, 7) is 9.42. The molecule has 0 saturated carbocycles. The third-order valence-corrected chi connectivity index (χ3v) is 4.55. The van der Waals surface area contributed by atoms with E-state index in [9.17, 15) is 0 Å². The number of nitrogens with zero attached hydrogens (tertiary/aromatic N) is 1. The smallest absolute Gasteiger partial charge is 0.125 e. The summed E-state index contributed by atoms with van der Waals surface area (Å²) in [7, 11) is 1.53. The first-order valence-electron chi connectivity index (χ1n) is 10.3. The van der Waals surface area contributed by atoms with Crippen LogP contribution in [0, 0.1) is 13.8 Å². The van der Waals surface area contributed by atoms with Gasteiger partial charge in [0.1, 0.15) is 31.0 Å². The molecule has 162 valence electrons. The van der Waals surface area contributed by atoms with Gasteiger partial charge in [0, 0.05) is 0 Å². The van der Waals surface area contributed by atoms with Crippen molar-refractivity contribution in [3.8, 4) is 17.2 Å². The number of oxime groups is 1. The normalized spacial score (nSPS) is 12.3. The molecule has 0 aliphatic heterocycles. The van der Waals surface area contributed by atoms with Crippen molar-refractivity contribution in [2.75, 3.05) is 20.3 Å². The number of aryl methyl sites for hydroxylation is 2. The minimum Gasteiger partial charge on any atom is -0.494 e. The lowest BCUT2D eigenvalue weighted by Gasteiger charge is -2.19. The van der Waals surface area contributed by atoms with E-state index in [1.807, 2.05) is 55.5 Å². The second-order valence-electron chi connectivity index (χ2n) is 7.17. The molecular formula is C25H33NO4. The van der Waals surface area contributed by atoms with Crippen LogP contribution in [0.4, 0.5) is 0 Å². The minimum absolute atomic E-state index is 0.105. The highest BCUT2D eigenvalue weighted by molar-refractivity contribution is 5.79. The summed E-state index contributed by atoms with van der Waals surface area (Å²) in [5.74, 6) is 2.66. The third-order valence-electron chi connectivity index (χ3n) is 4.55. The molecule has 2 aromatic carbocycles. The van der Waals surface area contributed by atoms with Gasteiger partial charge in [0.2, 0.25) is 0 Å². The van der Waals surface area contributed by atoms with Crippen LogP contribution < -0.4 is 14.2 Å². The predicted molar refractivity (Wildman–Crippen MR) is 122 cm³/mol. The van der Waals surface area contributed by atoms with Crippen LogP contribution in [0.25, 0.3) is 0 Å². The van der Waals surface area contributed by atoms with Gasteiger partial charge in [-0.05, 0) is 93.6 Å². The van der Waals surface area contributed by atoms with Gasteiger partial charge in [-0.3, -0.25) is 0 Å². The maximum absolute atomic E-state index is 6.21. The molecule has 0 radical (unpaired) electrons. The molecule has 1 atom stereocenters. The summed E-state index contributed by atoms with van der Waals surface area (Å²) in [6, 6.07) is 11.8. The first-order valence-corrected chi connectivity index (χ1v) is 10.3. The van der Waals surface area contributed by atoms with Gasteiger partial charge in [0.25, 0.3) is 0 Å². The molecule has 0 bridgehead atoms. The van der Waals surface area contributed by atoms with E-state index in [4.69, 9.17) is 14.2 Å². The highest BCUT2D eigenvalue weighted by atomic mass is 16.6. The molecule has 0 aliphatic rings. The van der Waals surface area contributed by atoms with Crippen LogP contribution in [0.5, 0.6) is 17.2 Å². The standard InChI is InChI=1S/C25H33NO4/c1-6-7-14-29-24-16-19(2)25(20(3)17-24)30-21(4)9-8-15-28-23-12-10-22(11-13-23)18-26-27-5/h6-7,10-13,16-18,21H,8-9,14-15H2,1-5H3/b7-6+,26-18+. The maximum atomic E-state index is 6.21. The van der Waals surface area contributed by atoms with Crippen LogP contribution in [0.1, 0.15) is 43.4 Å². The number of allylic oxidation sites excluding steroid dienone is 1. The van der Waals surface area contributed by atoms with Crippen molar-refractivity contribution in [1.82, 2.24) is 0 Å². The van der Waals surface area contributed by atoms with E-state index in [0.717, 1.165) is 46.8 Å². The summed E-state index contributed by atoms with van der Waals surface area (Å²) >= 11 is 0. The van der Waals surface area contributed by atoms with Crippen LogP contribution in [-0.4, -0.2) is 32.6 Å². The average Bonchev–Trinajstić information content (AvgIpc) is 2.73. The van der Waals surface area contributed by atoms with Crippen LogP contribution >= 0.6 is 0 Å². The number of rotatable bonds is 12. The Bertz CT molecular complexity index is 805. The fourth-order valence-electron chi connectivity index (χ4n) is 3.00. The van der Waals surface area contributed by atoms with E-state index >= 15 is 0 Å². The largest absolute Gasteiger partial charge is 0.494 e. The second kappa shape index (κ2) is 12.6. The molecule has 0 amide bonds. The Morgan fingerprint density at radius 1 is 1.00 bits per heavy atom. The van der Waals surface area contributed by atoms with E-state index in [1.165, 1.54) is 7.11 Å². The molecule has 2 aromatic rings. The lowest BCUT2D eigenvalue weighted by Crippen LogP contribution is -2.14. The highest BCUT2D eigenvalue weighted by Gasteiger charge is 2.11. The molecule has 0 spiro atoms. The Kier molecular flexibility index (Phi) is 9.78. The topological polar surface area (TPSA) is 49.3 Å². The molecule has 0 heterocycles. The van der Waals surface area contributed by atoms with Crippen molar-refractivity contribution >= 4 is 6.21 Å². The van der Waals surface area contributed by atoms with Gasteiger partial charge in [-0.25, -0.2) is 0 Å². The van der Waals surface area contributed by atoms with Crippen LogP contribution in [0.15, 0.2) is 53.7 Å². The monoisotopic (exact) mass is 411 g/mol. The van der Waals surface area contributed by atoms with Crippen molar-refractivity contribution in [1.29, 1.82) is 0 Å². The van der Waals surface area contributed by atoms with Gasteiger partial charge < -0.3 is 19.0 Å². The molecule has 5 nitrogen and oxygen atoms in total. The first-order chi connectivity index (χ1) is 14.5. The SMILES string of the molecule is C/C=C/COc1cc(C)c(OC(C)CCCOc2ccc(/C=N/OC)cc2)c(C)c1. The van der Waals surface area contributed by atoms with Crippen LogP contribution in [0.2, 0.25) is 0 Å². The molecule has 2 rings (SSSR count). The van der Waals surface area contributed by atoms with Gasteiger partial charge >= 0.3 is 0 Å².